The molecule has 0 radical (unpaired) electrons. The van der Waals surface area contributed by atoms with Gasteiger partial charge in [0.25, 0.3) is 0 Å². The maximum Gasteiger partial charge on any atom is 0.0991 e. The van der Waals surface area contributed by atoms with Gasteiger partial charge in [-0.05, 0) is 81.9 Å². The third-order valence-electron chi connectivity index (χ3n) is 9.90. The molecule has 0 N–H and O–H groups in total. The zero-order valence-corrected chi connectivity index (χ0v) is 25.9. The Hall–Kier alpha value is -6.63. The molecule has 0 aliphatic carbocycles. The Morgan fingerprint density at radius 1 is 0.375 bits per heavy atom. The average Bonchev–Trinajstić information content (AvgIpc) is 3.66. The molecule has 222 valence electrons. The van der Waals surface area contributed by atoms with Crippen molar-refractivity contribution >= 4 is 65.2 Å². The van der Waals surface area contributed by atoms with Gasteiger partial charge in [0.2, 0.25) is 0 Å². The number of aromatic nitrogens is 2. The fourth-order valence-electron chi connectivity index (χ4n) is 7.75. The lowest BCUT2D eigenvalue weighted by Crippen LogP contribution is -1.97. The van der Waals surface area contributed by atoms with Crippen LogP contribution in [-0.4, -0.2) is 9.13 Å². The molecule has 0 aliphatic heterocycles. The highest BCUT2D eigenvalue weighted by molar-refractivity contribution is 6.16. The number of nitriles is 1. The van der Waals surface area contributed by atoms with Gasteiger partial charge in [-0.3, -0.25) is 0 Å². The van der Waals surface area contributed by atoms with E-state index in [1.807, 2.05) is 12.1 Å². The Morgan fingerprint density at radius 2 is 0.917 bits per heavy atom. The van der Waals surface area contributed by atoms with E-state index in [1.165, 1.54) is 49.2 Å². The fourth-order valence-corrected chi connectivity index (χ4v) is 7.75. The Labute approximate surface area is 276 Å². The molecule has 0 aliphatic rings. The van der Waals surface area contributed by atoms with Crippen molar-refractivity contribution in [3.8, 4) is 28.6 Å². The normalized spacial score (nSPS) is 11.7. The lowest BCUT2D eigenvalue weighted by atomic mass is 9.98. The second-order valence-corrected chi connectivity index (χ2v) is 12.5. The highest BCUT2D eigenvalue weighted by Gasteiger charge is 2.18. The van der Waals surface area contributed by atoms with E-state index in [0.717, 1.165) is 38.4 Å². The first-order chi connectivity index (χ1) is 23.8. The van der Waals surface area contributed by atoms with Crippen LogP contribution < -0.4 is 0 Å². The van der Waals surface area contributed by atoms with E-state index < -0.39 is 0 Å². The van der Waals surface area contributed by atoms with E-state index in [2.05, 4.69) is 167 Å². The molecule has 3 heteroatoms. The maximum absolute atomic E-state index is 9.64. The van der Waals surface area contributed by atoms with Crippen molar-refractivity contribution in [3.63, 3.8) is 0 Å². The van der Waals surface area contributed by atoms with Gasteiger partial charge in [0.05, 0.1) is 39.4 Å². The minimum absolute atomic E-state index is 0.671. The Bertz CT molecular complexity index is 2950. The van der Waals surface area contributed by atoms with Crippen molar-refractivity contribution in [1.82, 2.24) is 9.13 Å². The lowest BCUT2D eigenvalue weighted by molar-refractivity contribution is 1.18. The topological polar surface area (TPSA) is 33.6 Å². The molecule has 8 aromatic carbocycles. The molecular formula is C45H27N3. The number of hydrogen-bond donors (Lipinski definition) is 0. The van der Waals surface area contributed by atoms with Crippen LogP contribution in [0, 0.1) is 11.3 Å². The molecule has 0 unspecified atom stereocenters. The monoisotopic (exact) mass is 609 g/mol. The molecule has 48 heavy (non-hydrogen) atoms. The number of benzene rings is 8. The van der Waals surface area contributed by atoms with E-state index >= 15 is 0 Å². The van der Waals surface area contributed by atoms with E-state index in [0.29, 0.717) is 5.56 Å². The summed E-state index contributed by atoms with van der Waals surface area (Å²) >= 11 is 0. The van der Waals surface area contributed by atoms with Crippen LogP contribution in [-0.2, 0) is 0 Å². The summed E-state index contributed by atoms with van der Waals surface area (Å²) in [6.45, 7) is 0. The standard InChI is InChI=1S/C45H27N3/c46-28-29-18-19-32-27-45(35-13-5-4-12-34(35)40(32)24-29)48-42-17-9-7-15-37(42)39-23-21-31(26-44(39)48)30-20-22-38-36-14-6-8-16-41(36)47(43(38)25-30)33-10-2-1-3-11-33/h1-27H. The van der Waals surface area contributed by atoms with Crippen LogP contribution in [0.2, 0.25) is 0 Å². The van der Waals surface area contributed by atoms with Gasteiger partial charge in [-0.1, -0.05) is 109 Å². The largest absolute Gasteiger partial charge is 0.309 e. The molecule has 2 heterocycles. The molecule has 0 amide bonds. The first kappa shape index (κ1) is 26.6. The zero-order valence-electron chi connectivity index (χ0n) is 25.9. The highest BCUT2D eigenvalue weighted by atomic mass is 15.0. The van der Waals surface area contributed by atoms with Crippen LogP contribution in [0.5, 0.6) is 0 Å². The number of fused-ring (bicyclic) bond motifs is 9. The van der Waals surface area contributed by atoms with E-state index in [9.17, 15) is 5.26 Å². The number of nitrogens with zero attached hydrogens (tertiary/aromatic N) is 3. The van der Waals surface area contributed by atoms with Crippen molar-refractivity contribution in [1.29, 1.82) is 5.26 Å². The predicted molar refractivity (Wildman–Crippen MR) is 200 cm³/mol. The molecule has 0 atom stereocenters. The third-order valence-corrected chi connectivity index (χ3v) is 9.90. The number of para-hydroxylation sites is 3. The van der Waals surface area contributed by atoms with Crippen LogP contribution in [0.3, 0.4) is 0 Å². The summed E-state index contributed by atoms with van der Waals surface area (Å²) in [6.07, 6.45) is 0. The van der Waals surface area contributed by atoms with Crippen LogP contribution in [0.15, 0.2) is 164 Å². The van der Waals surface area contributed by atoms with Crippen molar-refractivity contribution in [2.24, 2.45) is 0 Å². The van der Waals surface area contributed by atoms with Crippen LogP contribution in [0.4, 0.5) is 0 Å². The lowest BCUT2D eigenvalue weighted by Gasteiger charge is -2.15. The first-order valence-corrected chi connectivity index (χ1v) is 16.2. The van der Waals surface area contributed by atoms with Crippen LogP contribution in [0.1, 0.15) is 5.56 Å². The van der Waals surface area contributed by atoms with Crippen molar-refractivity contribution in [2.45, 2.75) is 0 Å². The minimum Gasteiger partial charge on any atom is -0.309 e. The summed E-state index contributed by atoms with van der Waals surface area (Å²) in [4.78, 5) is 0. The molecule has 0 spiro atoms. The van der Waals surface area contributed by atoms with Gasteiger partial charge in [0.1, 0.15) is 0 Å². The highest BCUT2D eigenvalue weighted by Crippen LogP contribution is 2.40. The molecule has 3 nitrogen and oxygen atoms in total. The van der Waals surface area contributed by atoms with Gasteiger partial charge < -0.3 is 9.13 Å². The smallest absolute Gasteiger partial charge is 0.0991 e. The Balaban J connectivity index is 1.26. The quantitative estimate of drug-likeness (QED) is 0.183. The molecule has 0 fully saturated rings. The van der Waals surface area contributed by atoms with E-state index in [-0.39, 0.29) is 0 Å². The summed E-state index contributed by atoms with van der Waals surface area (Å²) in [5.74, 6) is 0. The van der Waals surface area contributed by atoms with Gasteiger partial charge in [-0.15, -0.1) is 0 Å². The molecule has 0 bridgehead atoms. The second-order valence-electron chi connectivity index (χ2n) is 12.5. The Morgan fingerprint density at radius 3 is 1.58 bits per heavy atom. The number of rotatable bonds is 3. The molecule has 0 saturated carbocycles. The molecular weight excluding hydrogens is 583 g/mol. The molecule has 10 rings (SSSR count). The van der Waals surface area contributed by atoms with Gasteiger partial charge >= 0.3 is 0 Å². The summed E-state index contributed by atoms with van der Waals surface area (Å²) in [5, 5.41) is 19.1. The Kier molecular flexibility index (Phi) is 5.64. The summed E-state index contributed by atoms with van der Waals surface area (Å²) in [6, 6.07) is 60.9. The molecule has 0 saturated heterocycles. The summed E-state index contributed by atoms with van der Waals surface area (Å²) < 4.78 is 4.80. The van der Waals surface area contributed by atoms with Gasteiger partial charge in [-0.2, -0.15) is 5.26 Å². The van der Waals surface area contributed by atoms with Crippen molar-refractivity contribution in [2.75, 3.05) is 0 Å². The first-order valence-electron chi connectivity index (χ1n) is 16.2. The molecule has 2 aromatic heterocycles. The maximum atomic E-state index is 9.64. The summed E-state index contributed by atoms with van der Waals surface area (Å²) in [5.41, 5.74) is 10.0. The third kappa shape index (κ3) is 3.81. The zero-order chi connectivity index (χ0) is 31.8. The SMILES string of the molecule is N#Cc1ccc2cc(-n3c4ccccc4c4ccc(-c5ccc6c7ccccc7n(-c7ccccc7)c6c5)cc43)c3ccccc3c2c1. The average molecular weight is 610 g/mol. The fraction of sp³-hybridized carbons (Fsp3) is 0. The van der Waals surface area contributed by atoms with Gasteiger partial charge in [0.15, 0.2) is 0 Å². The summed E-state index contributed by atoms with van der Waals surface area (Å²) in [7, 11) is 0. The van der Waals surface area contributed by atoms with Gasteiger partial charge in [0, 0.05) is 32.6 Å². The van der Waals surface area contributed by atoms with Crippen molar-refractivity contribution < 1.29 is 0 Å². The minimum atomic E-state index is 0.671. The molecule has 10 aromatic rings. The second kappa shape index (κ2) is 10.2. The van der Waals surface area contributed by atoms with E-state index in [1.54, 1.807) is 0 Å². The van der Waals surface area contributed by atoms with Gasteiger partial charge in [-0.25, -0.2) is 0 Å². The predicted octanol–water partition coefficient (Wildman–Crippen LogP) is 11.7. The van der Waals surface area contributed by atoms with Crippen LogP contribution >= 0.6 is 0 Å². The number of hydrogen-bond acceptors (Lipinski definition) is 1. The van der Waals surface area contributed by atoms with E-state index in [4.69, 9.17) is 0 Å². The van der Waals surface area contributed by atoms with Crippen LogP contribution in [0.25, 0.3) is 87.7 Å². The van der Waals surface area contributed by atoms with Crippen molar-refractivity contribution in [3.05, 3.63) is 169 Å².